The summed E-state index contributed by atoms with van der Waals surface area (Å²) in [6, 6.07) is 18.0. The Balaban J connectivity index is 1.31. The van der Waals surface area contributed by atoms with Crippen LogP contribution in [0.4, 0.5) is 0 Å². The van der Waals surface area contributed by atoms with Crippen molar-refractivity contribution in [3.8, 4) is 17.0 Å². The number of rotatable bonds is 5. The Hall–Kier alpha value is -3.94. The lowest BCUT2D eigenvalue weighted by molar-refractivity contribution is -0.136. The van der Waals surface area contributed by atoms with Gasteiger partial charge in [-0.15, -0.1) is 0 Å². The van der Waals surface area contributed by atoms with Crippen LogP contribution in [0.15, 0.2) is 70.0 Å². The maximum Gasteiger partial charge on any atom is 0.267 e. The Bertz CT molecular complexity index is 1320. The molecular weight excluding hydrogens is 396 g/mol. The molecule has 0 N–H and O–H groups in total. The van der Waals surface area contributed by atoms with Crippen LogP contribution >= 0.6 is 0 Å². The second-order valence-corrected chi connectivity index (χ2v) is 7.46. The summed E-state index contributed by atoms with van der Waals surface area (Å²) in [5.41, 5.74) is 2.55. The zero-order chi connectivity index (χ0) is 21.4. The lowest BCUT2D eigenvalue weighted by atomic mass is 10.1. The Morgan fingerprint density at radius 2 is 1.87 bits per heavy atom. The number of benzene rings is 2. The minimum atomic E-state index is -0.196. The number of carbonyl (C=O) groups excluding carboxylic acids is 1. The molecule has 8 nitrogen and oxygen atoms in total. The third-order valence-corrected chi connectivity index (χ3v) is 5.54. The van der Waals surface area contributed by atoms with E-state index in [1.54, 1.807) is 18.1 Å². The van der Waals surface area contributed by atoms with Gasteiger partial charge in [0.2, 0.25) is 5.91 Å². The predicted molar refractivity (Wildman–Crippen MR) is 114 cm³/mol. The van der Waals surface area contributed by atoms with Crippen molar-refractivity contribution in [2.24, 2.45) is 0 Å². The average molecular weight is 416 g/mol. The SMILES string of the molecule is COc1ccccc1-c1ccc(=O)n(C2CN(C(=O)Cc3noc4ccccc34)C2)n1. The molecule has 0 bridgehead atoms. The van der Waals surface area contributed by atoms with E-state index in [0.717, 1.165) is 10.9 Å². The third-order valence-electron chi connectivity index (χ3n) is 5.54. The highest BCUT2D eigenvalue weighted by molar-refractivity contribution is 5.86. The summed E-state index contributed by atoms with van der Waals surface area (Å²) >= 11 is 0. The molecule has 0 unspecified atom stereocenters. The molecule has 1 saturated heterocycles. The van der Waals surface area contributed by atoms with Crippen molar-refractivity contribution >= 4 is 16.9 Å². The minimum absolute atomic E-state index is 0.0516. The van der Waals surface area contributed by atoms with Crippen molar-refractivity contribution in [1.29, 1.82) is 0 Å². The highest BCUT2D eigenvalue weighted by Gasteiger charge is 2.34. The molecule has 156 valence electrons. The summed E-state index contributed by atoms with van der Waals surface area (Å²) in [6.45, 7) is 0.855. The molecule has 0 saturated carbocycles. The van der Waals surface area contributed by atoms with Gasteiger partial charge in [0, 0.05) is 30.1 Å². The molecule has 31 heavy (non-hydrogen) atoms. The number of ether oxygens (including phenoxy) is 1. The molecule has 2 aromatic heterocycles. The van der Waals surface area contributed by atoms with Gasteiger partial charge in [-0.3, -0.25) is 9.59 Å². The number of amides is 1. The maximum atomic E-state index is 12.7. The molecule has 2 aromatic carbocycles. The predicted octanol–water partition coefficient (Wildman–Crippen LogP) is 2.69. The van der Waals surface area contributed by atoms with Crippen LogP contribution in [0.25, 0.3) is 22.2 Å². The lowest BCUT2D eigenvalue weighted by Crippen LogP contribution is -2.53. The first-order chi connectivity index (χ1) is 15.1. The first-order valence-electron chi connectivity index (χ1n) is 9.98. The van der Waals surface area contributed by atoms with Crippen LogP contribution in [-0.2, 0) is 11.2 Å². The van der Waals surface area contributed by atoms with E-state index in [9.17, 15) is 9.59 Å². The Labute approximate surface area is 177 Å². The van der Waals surface area contributed by atoms with E-state index < -0.39 is 0 Å². The monoisotopic (exact) mass is 416 g/mol. The third kappa shape index (κ3) is 3.46. The fourth-order valence-corrected chi connectivity index (χ4v) is 3.82. The molecule has 0 atom stereocenters. The van der Waals surface area contributed by atoms with Gasteiger partial charge in [-0.2, -0.15) is 5.10 Å². The number of para-hydroxylation sites is 2. The number of likely N-dealkylation sites (tertiary alicyclic amines) is 1. The van der Waals surface area contributed by atoms with Gasteiger partial charge in [0.05, 0.1) is 25.3 Å². The number of fused-ring (bicyclic) bond motifs is 1. The van der Waals surface area contributed by atoms with Crippen LogP contribution in [-0.4, -0.2) is 45.9 Å². The van der Waals surface area contributed by atoms with Gasteiger partial charge >= 0.3 is 0 Å². The summed E-state index contributed by atoms with van der Waals surface area (Å²) in [5.74, 6) is 0.634. The van der Waals surface area contributed by atoms with Crippen LogP contribution in [0, 0.1) is 0 Å². The van der Waals surface area contributed by atoms with E-state index in [1.165, 1.54) is 10.7 Å². The number of nitrogens with zero attached hydrogens (tertiary/aromatic N) is 4. The first kappa shape index (κ1) is 19.0. The van der Waals surface area contributed by atoms with Gasteiger partial charge in [0.25, 0.3) is 5.56 Å². The number of carbonyl (C=O) groups is 1. The largest absolute Gasteiger partial charge is 0.496 e. The molecule has 1 fully saturated rings. The van der Waals surface area contributed by atoms with Crippen LogP contribution in [0.3, 0.4) is 0 Å². The van der Waals surface area contributed by atoms with Gasteiger partial charge in [-0.25, -0.2) is 4.68 Å². The molecule has 4 aromatic rings. The normalized spacial score (nSPS) is 13.9. The highest BCUT2D eigenvalue weighted by atomic mass is 16.5. The fraction of sp³-hybridized carbons (Fsp3) is 0.217. The Morgan fingerprint density at radius 1 is 1.10 bits per heavy atom. The van der Waals surface area contributed by atoms with E-state index in [0.29, 0.717) is 35.8 Å². The summed E-state index contributed by atoms with van der Waals surface area (Å²) < 4.78 is 12.1. The smallest absolute Gasteiger partial charge is 0.267 e. The first-order valence-corrected chi connectivity index (χ1v) is 9.98. The van der Waals surface area contributed by atoms with Crippen LogP contribution < -0.4 is 10.3 Å². The molecule has 1 amide bonds. The molecule has 8 heteroatoms. The van der Waals surface area contributed by atoms with E-state index in [-0.39, 0.29) is 23.9 Å². The van der Waals surface area contributed by atoms with E-state index in [1.807, 2.05) is 48.5 Å². The van der Waals surface area contributed by atoms with Crippen LogP contribution in [0.1, 0.15) is 11.7 Å². The average Bonchev–Trinajstić information content (AvgIpc) is 3.17. The lowest BCUT2D eigenvalue weighted by Gasteiger charge is -2.39. The second kappa shape index (κ2) is 7.71. The topological polar surface area (TPSA) is 90.5 Å². The van der Waals surface area contributed by atoms with Crippen molar-refractivity contribution in [1.82, 2.24) is 19.8 Å². The van der Waals surface area contributed by atoms with Crippen molar-refractivity contribution in [3.05, 3.63) is 76.7 Å². The van der Waals surface area contributed by atoms with Crippen LogP contribution in [0.2, 0.25) is 0 Å². The van der Waals surface area contributed by atoms with Gasteiger partial charge < -0.3 is 14.2 Å². The molecule has 3 heterocycles. The molecule has 0 aliphatic carbocycles. The maximum absolute atomic E-state index is 12.7. The highest BCUT2D eigenvalue weighted by Crippen LogP contribution is 2.28. The number of aromatic nitrogens is 3. The number of hydrogen-bond acceptors (Lipinski definition) is 6. The Kier molecular flexibility index (Phi) is 4.74. The second-order valence-electron chi connectivity index (χ2n) is 7.46. The molecule has 1 aliphatic rings. The standard InChI is InChI=1S/C23H20N4O4/c1-30-20-8-4-2-6-16(20)18-10-11-22(28)27(24-18)15-13-26(14-15)23(29)12-19-17-7-3-5-9-21(17)31-25-19/h2-11,15H,12-14H2,1H3. The van der Waals surface area contributed by atoms with Crippen molar-refractivity contribution in [3.63, 3.8) is 0 Å². The molecule has 5 rings (SSSR count). The van der Waals surface area contributed by atoms with E-state index in [2.05, 4.69) is 10.3 Å². The van der Waals surface area contributed by atoms with E-state index >= 15 is 0 Å². The zero-order valence-corrected chi connectivity index (χ0v) is 16.9. The van der Waals surface area contributed by atoms with E-state index in [4.69, 9.17) is 9.26 Å². The molecule has 0 spiro atoms. The van der Waals surface area contributed by atoms with Gasteiger partial charge in [0.15, 0.2) is 5.58 Å². The summed E-state index contributed by atoms with van der Waals surface area (Å²) in [5, 5.41) is 9.41. The quantitative estimate of drug-likeness (QED) is 0.497. The van der Waals surface area contributed by atoms with Crippen molar-refractivity contribution in [2.75, 3.05) is 20.2 Å². The van der Waals surface area contributed by atoms with Gasteiger partial charge in [-0.1, -0.05) is 29.4 Å². The minimum Gasteiger partial charge on any atom is -0.496 e. The van der Waals surface area contributed by atoms with Gasteiger partial charge in [0.1, 0.15) is 11.4 Å². The van der Waals surface area contributed by atoms with Gasteiger partial charge in [-0.05, 0) is 30.3 Å². The fourth-order valence-electron chi connectivity index (χ4n) is 3.82. The zero-order valence-electron chi connectivity index (χ0n) is 16.9. The summed E-state index contributed by atoms with van der Waals surface area (Å²) in [4.78, 5) is 26.8. The molecule has 0 radical (unpaired) electrons. The number of methoxy groups -OCH3 is 1. The van der Waals surface area contributed by atoms with Crippen molar-refractivity contribution in [2.45, 2.75) is 12.5 Å². The molecule has 1 aliphatic heterocycles. The summed E-state index contributed by atoms with van der Waals surface area (Å²) in [6.07, 6.45) is 0.160. The number of hydrogen-bond donors (Lipinski definition) is 0. The Morgan fingerprint density at radius 3 is 2.71 bits per heavy atom. The summed E-state index contributed by atoms with van der Waals surface area (Å²) in [7, 11) is 1.60. The van der Waals surface area contributed by atoms with Crippen LogP contribution in [0.5, 0.6) is 5.75 Å². The van der Waals surface area contributed by atoms with Crippen molar-refractivity contribution < 1.29 is 14.1 Å². The molecular formula is C23H20N4O4.